The first-order valence-corrected chi connectivity index (χ1v) is 9.46. The van der Waals surface area contributed by atoms with Crippen LogP contribution in [0.1, 0.15) is 24.1 Å². The zero-order valence-electron chi connectivity index (χ0n) is 15.6. The van der Waals surface area contributed by atoms with E-state index >= 15 is 0 Å². The van der Waals surface area contributed by atoms with Crippen LogP contribution < -0.4 is 5.32 Å². The minimum Gasteiger partial charge on any atom is -0.452 e. The van der Waals surface area contributed by atoms with Crippen molar-refractivity contribution in [2.45, 2.75) is 25.9 Å². The normalized spacial score (nSPS) is 16.4. The fourth-order valence-electron chi connectivity index (χ4n) is 2.86. The van der Waals surface area contributed by atoms with Crippen LogP contribution in [0, 0.1) is 6.92 Å². The zero-order chi connectivity index (χ0) is 19.9. The SMILES string of the molecule is Cc1nn(-c2ccccc2)c(Cl)c1/C=C/C(=O)OCC(=O)NC[C@@H]1CCCO1. The molecule has 2 aromatic rings. The molecule has 1 amide bonds. The van der Waals surface area contributed by atoms with Crippen molar-refractivity contribution in [1.29, 1.82) is 0 Å². The summed E-state index contributed by atoms with van der Waals surface area (Å²) in [6.07, 6.45) is 4.75. The van der Waals surface area contributed by atoms with E-state index in [2.05, 4.69) is 10.4 Å². The van der Waals surface area contributed by atoms with Crippen molar-refractivity contribution in [2.75, 3.05) is 19.8 Å². The number of hydrogen-bond donors (Lipinski definition) is 1. The van der Waals surface area contributed by atoms with Crippen molar-refractivity contribution in [2.24, 2.45) is 0 Å². The molecule has 1 N–H and O–H groups in total. The molecule has 0 bridgehead atoms. The van der Waals surface area contributed by atoms with Crippen LogP contribution in [0.5, 0.6) is 0 Å². The number of amides is 1. The lowest BCUT2D eigenvalue weighted by Crippen LogP contribution is -2.34. The molecule has 1 atom stereocenters. The Hall–Kier alpha value is -2.64. The number of benzene rings is 1. The minimum absolute atomic E-state index is 0.0471. The van der Waals surface area contributed by atoms with Gasteiger partial charge in [0.2, 0.25) is 0 Å². The third-order valence-corrected chi connectivity index (χ3v) is 4.69. The lowest BCUT2D eigenvalue weighted by atomic mass is 10.2. The standard InChI is InChI=1S/C20H22ClN3O4/c1-14-17(20(21)24(23-14)15-6-3-2-4-7-15)9-10-19(26)28-13-18(25)22-12-16-8-5-11-27-16/h2-4,6-7,9-10,16H,5,8,11-13H2,1H3,(H,22,25)/b10-9+/t16-/m0/s1. The van der Waals surface area contributed by atoms with E-state index in [9.17, 15) is 9.59 Å². The molecule has 28 heavy (non-hydrogen) atoms. The van der Waals surface area contributed by atoms with Gasteiger partial charge in [0, 0.05) is 24.8 Å². The van der Waals surface area contributed by atoms with Crippen molar-refractivity contribution < 1.29 is 19.1 Å². The van der Waals surface area contributed by atoms with Crippen molar-refractivity contribution in [3.05, 3.63) is 52.8 Å². The smallest absolute Gasteiger partial charge is 0.331 e. The summed E-state index contributed by atoms with van der Waals surface area (Å²) in [5, 5.41) is 7.48. The van der Waals surface area contributed by atoms with Crippen LogP contribution in [-0.4, -0.2) is 47.5 Å². The van der Waals surface area contributed by atoms with E-state index in [4.69, 9.17) is 21.1 Å². The monoisotopic (exact) mass is 403 g/mol. The number of nitrogens with one attached hydrogen (secondary N) is 1. The topological polar surface area (TPSA) is 82.5 Å². The number of esters is 1. The molecule has 1 aromatic carbocycles. The summed E-state index contributed by atoms with van der Waals surface area (Å²) < 4.78 is 12.0. The van der Waals surface area contributed by atoms with Crippen LogP contribution in [0.25, 0.3) is 11.8 Å². The predicted octanol–water partition coefficient (Wildman–Crippen LogP) is 2.69. The average molecular weight is 404 g/mol. The van der Waals surface area contributed by atoms with Crippen molar-refractivity contribution in [3.63, 3.8) is 0 Å². The van der Waals surface area contributed by atoms with Gasteiger partial charge in [-0.3, -0.25) is 4.79 Å². The summed E-state index contributed by atoms with van der Waals surface area (Å²) >= 11 is 6.40. The predicted molar refractivity (Wildman–Crippen MR) is 105 cm³/mol. The molecule has 0 radical (unpaired) electrons. The molecular formula is C20H22ClN3O4. The maximum Gasteiger partial charge on any atom is 0.331 e. The van der Waals surface area contributed by atoms with Gasteiger partial charge in [0.05, 0.1) is 17.5 Å². The van der Waals surface area contributed by atoms with Gasteiger partial charge >= 0.3 is 5.97 Å². The van der Waals surface area contributed by atoms with Crippen molar-refractivity contribution >= 4 is 29.6 Å². The first-order valence-electron chi connectivity index (χ1n) is 9.08. The molecule has 0 spiro atoms. The molecule has 1 aromatic heterocycles. The van der Waals surface area contributed by atoms with Crippen LogP contribution in [-0.2, 0) is 19.1 Å². The van der Waals surface area contributed by atoms with Crippen LogP contribution in [0.2, 0.25) is 5.15 Å². The second-order valence-corrected chi connectivity index (χ2v) is 6.78. The highest BCUT2D eigenvalue weighted by Crippen LogP contribution is 2.24. The number of aromatic nitrogens is 2. The van der Waals surface area contributed by atoms with Crippen LogP contribution in [0.4, 0.5) is 0 Å². The van der Waals surface area contributed by atoms with Gasteiger partial charge < -0.3 is 14.8 Å². The molecular weight excluding hydrogens is 382 g/mol. The van der Waals surface area contributed by atoms with Gasteiger partial charge in [-0.2, -0.15) is 5.10 Å². The van der Waals surface area contributed by atoms with Gasteiger partial charge in [0.15, 0.2) is 6.61 Å². The molecule has 3 rings (SSSR count). The quantitative estimate of drug-likeness (QED) is 0.567. The molecule has 8 heteroatoms. The second kappa shape index (κ2) is 9.52. The summed E-state index contributed by atoms with van der Waals surface area (Å²) in [4.78, 5) is 23.6. The van der Waals surface area contributed by atoms with E-state index in [-0.39, 0.29) is 18.6 Å². The van der Waals surface area contributed by atoms with Gasteiger partial charge in [-0.25, -0.2) is 9.48 Å². The van der Waals surface area contributed by atoms with E-state index in [1.165, 1.54) is 12.2 Å². The number of halogens is 1. The number of para-hydroxylation sites is 1. The highest BCUT2D eigenvalue weighted by atomic mass is 35.5. The van der Waals surface area contributed by atoms with Gasteiger partial charge in [0.1, 0.15) is 5.15 Å². The molecule has 0 saturated carbocycles. The summed E-state index contributed by atoms with van der Waals surface area (Å²) in [5.74, 6) is -0.987. The van der Waals surface area contributed by atoms with Crippen LogP contribution in [0.15, 0.2) is 36.4 Å². The van der Waals surface area contributed by atoms with E-state index < -0.39 is 5.97 Å². The Morgan fingerprint density at radius 1 is 1.39 bits per heavy atom. The number of rotatable bonds is 7. The Balaban J connectivity index is 1.52. The molecule has 0 aliphatic carbocycles. The lowest BCUT2D eigenvalue weighted by Gasteiger charge is -2.10. The maximum atomic E-state index is 11.9. The van der Waals surface area contributed by atoms with Crippen LogP contribution >= 0.6 is 11.6 Å². The average Bonchev–Trinajstić information content (AvgIpc) is 3.32. The largest absolute Gasteiger partial charge is 0.452 e. The fourth-order valence-corrected chi connectivity index (χ4v) is 3.20. The first-order chi connectivity index (χ1) is 13.5. The number of nitrogens with zero attached hydrogens (tertiary/aromatic N) is 2. The number of carbonyl (C=O) groups is 2. The summed E-state index contributed by atoms with van der Waals surface area (Å²) in [6, 6.07) is 9.45. The molecule has 0 unspecified atom stereocenters. The molecule has 1 saturated heterocycles. The maximum absolute atomic E-state index is 11.9. The Morgan fingerprint density at radius 3 is 2.89 bits per heavy atom. The van der Waals surface area contributed by atoms with E-state index in [0.29, 0.717) is 23.0 Å². The molecule has 7 nitrogen and oxygen atoms in total. The third-order valence-electron chi connectivity index (χ3n) is 4.33. The Morgan fingerprint density at radius 2 is 2.18 bits per heavy atom. The van der Waals surface area contributed by atoms with Gasteiger partial charge in [-0.1, -0.05) is 29.8 Å². The summed E-state index contributed by atoms with van der Waals surface area (Å²) in [5.41, 5.74) is 2.11. The third kappa shape index (κ3) is 5.21. The van der Waals surface area contributed by atoms with Gasteiger partial charge in [0.25, 0.3) is 5.91 Å². The molecule has 2 heterocycles. The van der Waals surface area contributed by atoms with Crippen molar-refractivity contribution in [3.8, 4) is 5.69 Å². The van der Waals surface area contributed by atoms with E-state index in [0.717, 1.165) is 25.1 Å². The highest BCUT2D eigenvalue weighted by Gasteiger charge is 2.17. The Kier molecular flexibility index (Phi) is 6.84. The highest BCUT2D eigenvalue weighted by molar-refractivity contribution is 6.31. The number of aryl methyl sites for hydroxylation is 1. The minimum atomic E-state index is -0.629. The molecule has 148 valence electrons. The van der Waals surface area contributed by atoms with Gasteiger partial charge in [-0.15, -0.1) is 0 Å². The van der Waals surface area contributed by atoms with E-state index in [1.54, 1.807) is 11.6 Å². The summed E-state index contributed by atoms with van der Waals surface area (Å²) in [7, 11) is 0. The first kappa shape index (κ1) is 20.1. The van der Waals surface area contributed by atoms with Gasteiger partial charge in [-0.05, 0) is 38.0 Å². The zero-order valence-corrected chi connectivity index (χ0v) is 16.3. The van der Waals surface area contributed by atoms with Crippen LogP contribution in [0.3, 0.4) is 0 Å². The van der Waals surface area contributed by atoms with E-state index in [1.807, 2.05) is 30.3 Å². The number of hydrogen-bond acceptors (Lipinski definition) is 5. The molecule has 1 aliphatic rings. The Bertz CT molecular complexity index is 858. The molecule has 1 aliphatic heterocycles. The lowest BCUT2D eigenvalue weighted by molar-refractivity contribution is -0.143. The Labute approximate surface area is 168 Å². The van der Waals surface area contributed by atoms with Crippen molar-refractivity contribution in [1.82, 2.24) is 15.1 Å². The number of ether oxygens (including phenoxy) is 2. The number of carbonyl (C=O) groups excluding carboxylic acids is 2. The molecule has 1 fully saturated rings. The fraction of sp³-hybridized carbons (Fsp3) is 0.350. The summed E-state index contributed by atoms with van der Waals surface area (Å²) in [6.45, 7) is 2.61. The second-order valence-electron chi connectivity index (χ2n) is 6.42.